The predicted octanol–water partition coefficient (Wildman–Crippen LogP) is 0.0933. The van der Waals surface area contributed by atoms with E-state index in [0.29, 0.717) is 0 Å². The van der Waals surface area contributed by atoms with Gasteiger partial charge < -0.3 is 20.5 Å². The molecule has 0 spiro atoms. The number of imidazole rings is 1. The van der Waals surface area contributed by atoms with E-state index >= 15 is 0 Å². The third kappa shape index (κ3) is 2.66. The Balaban J connectivity index is 2.12. The van der Waals surface area contributed by atoms with Crippen LogP contribution in [0, 0.1) is 0 Å². The Labute approximate surface area is 104 Å². The van der Waals surface area contributed by atoms with E-state index < -0.39 is 12.2 Å². The number of nitrogens with one attached hydrogen (secondary N) is 2. The lowest BCUT2D eigenvalue weighted by Crippen LogP contribution is -2.34. The van der Waals surface area contributed by atoms with Gasteiger partial charge in [0.1, 0.15) is 18.0 Å². The number of fused-ring (bicyclic) bond motifs is 1. The molecule has 1 amide bonds. The molecule has 1 aromatic carbocycles. The summed E-state index contributed by atoms with van der Waals surface area (Å²) in [6.45, 7) is 1.33. The molecule has 0 saturated heterocycles. The molecule has 4 N–H and O–H groups in total. The van der Waals surface area contributed by atoms with Crippen molar-refractivity contribution in [1.82, 2.24) is 15.3 Å². The van der Waals surface area contributed by atoms with Gasteiger partial charge in [-0.15, -0.1) is 0 Å². The first-order chi connectivity index (χ1) is 8.58. The van der Waals surface area contributed by atoms with Crippen molar-refractivity contribution in [3.63, 3.8) is 0 Å². The summed E-state index contributed by atoms with van der Waals surface area (Å²) >= 11 is 0. The van der Waals surface area contributed by atoms with Crippen molar-refractivity contribution in [2.24, 2.45) is 0 Å². The molecule has 96 valence electrons. The number of carbonyl (C=O) groups excluding carboxylic acids is 1. The van der Waals surface area contributed by atoms with E-state index in [-0.39, 0.29) is 18.3 Å². The van der Waals surface area contributed by atoms with Crippen LogP contribution >= 0.6 is 0 Å². The molecule has 2 atom stereocenters. The first-order valence-corrected chi connectivity index (χ1v) is 5.63. The highest BCUT2D eigenvalue weighted by Crippen LogP contribution is 2.18. The molecule has 1 heterocycles. The van der Waals surface area contributed by atoms with Crippen LogP contribution < -0.4 is 5.32 Å². The van der Waals surface area contributed by atoms with E-state index in [9.17, 15) is 15.0 Å². The van der Waals surface area contributed by atoms with Gasteiger partial charge >= 0.3 is 0 Å². The van der Waals surface area contributed by atoms with Gasteiger partial charge in [0.05, 0.1) is 11.0 Å². The summed E-state index contributed by atoms with van der Waals surface area (Å²) in [6.07, 6.45) is -2.27. The second-order valence-electron chi connectivity index (χ2n) is 4.09. The molecular weight excluding hydrogens is 234 g/mol. The molecule has 0 aliphatic rings. The van der Waals surface area contributed by atoms with E-state index in [1.807, 2.05) is 24.3 Å². The van der Waals surface area contributed by atoms with Gasteiger partial charge in [-0.05, 0) is 12.1 Å². The standard InChI is InChI=1S/C12H15N3O3/c1-7(16)13-6-10(17)11(18)12-14-8-4-2-3-5-9(8)15-12/h2-5,10-11,17-18H,6H2,1H3,(H,13,16)(H,14,15). The Bertz CT molecular complexity index is 519. The molecule has 0 radical (unpaired) electrons. The average Bonchev–Trinajstić information content (AvgIpc) is 2.78. The number of hydrogen-bond acceptors (Lipinski definition) is 4. The van der Waals surface area contributed by atoms with Crippen LogP contribution in [-0.2, 0) is 4.79 Å². The largest absolute Gasteiger partial charge is 0.388 e. The Kier molecular flexibility index (Phi) is 3.59. The van der Waals surface area contributed by atoms with Gasteiger partial charge in [0.15, 0.2) is 0 Å². The summed E-state index contributed by atoms with van der Waals surface area (Å²) in [5.74, 6) is 0.0277. The van der Waals surface area contributed by atoms with E-state index in [1.54, 1.807) is 0 Å². The third-order valence-corrected chi connectivity index (χ3v) is 2.61. The Morgan fingerprint density at radius 1 is 1.44 bits per heavy atom. The van der Waals surface area contributed by atoms with Crippen molar-refractivity contribution >= 4 is 16.9 Å². The monoisotopic (exact) mass is 249 g/mol. The van der Waals surface area contributed by atoms with Gasteiger partial charge in [-0.3, -0.25) is 4.79 Å². The highest BCUT2D eigenvalue weighted by Gasteiger charge is 2.21. The number of rotatable bonds is 4. The van der Waals surface area contributed by atoms with Crippen LogP contribution in [0.25, 0.3) is 11.0 Å². The number of aromatic nitrogens is 2. The van der Waals surface area contributed by atoms with Crippen LogP contribution in [-0.4, -0.2) is 38.7 Å². The van der Waals surface area contributed by atoms with E-state index in [2.05, 4.69) is 15.3 Å². The molecule has 18 heavy (non-hydrogen) atoms. The predicted molar refractivity (Wildman–Crippen MR) is 65.7 cm³/mol. The molecule has 1 aromatic heterocycles. The van der Waals surface area contributed by atoms with Crippen LogP contribution in [0.5, 0.6) is 0 Å². The highest BCUT2D eigenvalue weighted by atomic mass is 16.3. The van der Waals surface area contributed by atoms with Crippen molar-refractivity contribution in [3.8, 4) is 0 Å². The van der Waals surface area contributed by atoms with Crippen molar-refractivity contribution in [3.05, 3.63) is 30.1 Å². The summed E-state index contributed by atoms with van der Waals surface area (Å²) in [6, 6.07) is 7.33. The van der Waals surface area contributed by atoms with Crippen LogP contribution in [0.2, 0.25) is 0 Å². The first kappa shape index (κ1) is 12.5. The smallest absolute Gasteiger partial charge is 0.216 e. The number of carbonyl (C=O) groups is 1. The van der Waals surface area contributed by atoms with Gasteiger partial charge in [-0.25, -0.2) is 4.98 Å². The maximum atomic E-state index is 10.7. The molecule has 6 heteroatoms. The summed E-state index contributed by atoms with van der Waals surface area (Å²) in [7, 11) is 0. The number of para-hydroxylation sites is 2. The summed E-state index contributed by atoms with van der Waals surface area (Å²) < 4.78 is 0. The average molecular weight is 249 g/mol. The van der Waals surface area contributed by atoms with Crippen molar-refractivity contribution in [1.29, 1.82) is 0 Å². The zero-order valence-electron chi connectivity index (χ0n) is 9.92. The molecule has 0 aliphatic carbocycles. The number of aliphatic hydroxyl groups excluding tert-OH is 2. The van der Waals surface area contributed by atoms with E-state index in [0.717, 1.165) is 11.0 Å². The molecule has 0 bridgehead atoms. The van der Waals surface area contributed by atoms with Crippen LogP contribution in [0.3, 0.4) is 0 Å². The minimum absolute atomic E-state index is 0.0203. The van der Waals surface area contributed by atoms with Gasteiger partial charge in [-0.2, -0.15) is 0 Å². The maximum absolute atomic E-state index is 10.7. The molecule has 6 nitrogen and oxygen atoms in total. The summed E-state index contributed by atoms with van der Waals surface area (Å²) in [4.78, 5) is 17.8. The van der Waals surface area contributed by atoms with E-state index in [1.165, 1.54) is 6.92 Å². The third-order valence-electron chi connectivity index (χ3n) is 2.61. The molecule has 2 unspecified atom stereocenters. The molecule has 0 aliphatic heterocycles. The fourth-order valence-electron chi connectivity index (χ4n) is 1.65. The second-order valence-corrected chi connectivity index (χ2v) is 4.09. The molecule has 0 saturated carbocycles. The molecule has 2 aromatic rings. The summed E-state index contributed by atoms with van der Waals surface area (Å²) in [5.41, 5.74) is 1.51. The zero-order chi connectivity index (χ0) is 13.1. The lowest BCUT2D eigenvalue weighted by Gasteiger charge is -2.15. The van der Waals surface area contributed by atoms with Gasteiger partial charge in [-0.1, -0.05) is 12.1 Å². The summed E-state index contributed by atoms with van der Waals surface area (Å²) in [5, 5.41) is 22.1. The molecule has 2 rings (SSSR count). The van der Waals surface area contributed by atoms with Gasteiger partial charge in [0, 0.05) is 13.5 Å². The van der Waals surface area contributed by atoms with Crippen molar-refractivity contribution in [2.75, 3.05) is 6.54 Å². The number of benzene rings is 1. The normalized spacial score (nSPS) is 14.4. The molecular formula is C12H15N3O3. The van der Waals surface area contributed by atoms with E-state index in [4.69, 9.17) is 0 Å². The van der Waals surface area contributed by atoms with Crippen molar-refractivity contribution in [2.45, 2.75) is 19.1 Å². The fourth-order valence-corrected chi connectivity index (χ4v) is 1.65. The zero-order valence-corrected chi connectivity index (χ0v) is 9.92. The lowest BCUT2D eigenvalue weighted by atomic mass is 10.2. The van der Waals surface area contributed by atoms with Gasteiger partial charge in [0.25, 0.3) is 0 Å². The lowest BCUT2D eigenvalue weighted by molar-refractivity contribution is -0.119. The quantitative estimate of drug-likeness (QED) is 0.617. The van der Waals surface area contributed by atoms with Crippen LogP contribution in [0.4, 0.5) is 0 Å². The second kappa shape index (κ2) is 5.16. The minimum Gasteiger partial charge on any atom is -0.388 e. The Morgan fingerprint density at radius 2 is 2.17 bits per heavy atom. The maximum Gasteiger partial charge on any atom is 0.216 e. The van der Waals surface area contributed by atoms with Crippen molar-refractivity contribution < 1.29 is 15.0 Å². The first-order valence-electron chi connectivity index (χ1n) is 5.63. The number of H-pyrrole nitrogens is 1. The Morgan fingerprint density at radius 3 is 2.83 bits per heavy atom. The molecule has 0 fully saturated rings. The highest BCUT2D eigenvalue weighted by molar-refractivity contribution is 5.74. The topological polar surface area (TPSA) is 98.2 Å². The fraction of sp³-hybridized carbons (Fsp3) is 0.333. The number of aliphatic hydroxyl groups is 2. The number of hydrogen-bond donors (Lipinski definition) is 4. The minimum atomic E-state index is -1.16. The number of nitrogens with zero attached hydrogens (tertiary/aromatic N) is 1. The SMILES string of the molecule is CC(=O)NCC(O)C(O)c1nc2ccccc2[nH]1. The Hall–Kier alpha value is -1.92. The van der Waals surface area contributed by atoms with Crippen LogP contribution in [0.1, 0.15) is 18.9 Å². The van der Waals surface area contributed by atoms with Gasteiger partial charge in [0.2, 0.25) is 5.91 Å². The van der Waals surface area contributed by atoms with Crippen LogP contribution in [0.15, 0.2) is 24.3 Å². The number of aromatic amines is 1. The number of amides is 1.